The molecule has 2 aliphatic rings. The molecule has 1 fully saturated rings. The first-order chi connectivity index (χ1) is 7.18. The van der Waals surface area contributed by atoms with Gasteiger partial charge in [-0.25, -0.2) is 0 Å². The molecular weight excluding hydrogens is 188 g/mol. The van der Waals surface area contributed by atoms with E-state index in [4.69, 9.17) is 5.73 Å². The van der Waals surface area contributed by atoms with Crippen molar-refractivity contribution in [3.05, 3.63) is 11.6 Å². The Morgan fingerprint density at radius 3 is 2.80 bits per heavy atom. The molecule has 0 atom stereocenters. The molecule has 0 aromatic carbocycles. The van der Waals surface area contributed by atoms with Crippen molar-refractivity contribution in [3.63, 3.8) is 0 Å². The van der Waals surface area contributed by atoms with Crippen molar-refractivity contribution in [3.8, 4) is 0 Å². The Labute approximate surface area is 91.3 Å². The zero-order valence-corrected chi connectivity index (χ0v) is 9.46. The first-order valence-electron chi connectivity index (χ1n) is 5.83. The summed E-state index contributed by atoms with van der Waals surface area (Å²) in [6.07, 6.45) is 6.35. The Morgan fingerprint density at radius 1 is 1.60 bits per heavy atom. The number of hydrogen-bond donors (Lipinski definition) is 1. The molecule has 1 aliphatic carbocycles. The van der Waals surface area contributed by atoms with Gasteiger partial charge < -0.3 is 10.6 Å². The summed E-state index contributed by atoms with van der Waals surface area (Å²) in [4.78, 5) is 14.3. The second-order valence-electron chi connectivity index (χ2n) is 4.90. The van der Waals surface area contributed by atoms with Gasteiger partial charge in [-0.15, -0.1) is 0 Å². The average Bonchev–Trinajstić information content (AvgIpc) is 2.17. The number of amides is 1. The van der Waals surface area contributed by atoms with Crippen LogP contribution in [-0.2, 0) is 4.79 Å². The van der Waals surface area contributed by atoms with Crippen LogP contribution in [0.1, 0.15) is 32.6 Å². The van der Waals surface area contributed by atoms with Crippen molar-refractivity contribution in [1.29, 1.82) is 0 Å². The van der Waals surface area contributed by atoms with Gasteiger partial charge in [0.25, 0.3) is 0 Å². The molecular formula is C12H20N2O. The van der Waals surface area contributed by atoms with Gasteiger partial charge in [-0.2, -0.15) is 0 Å². The highest BCUT2D eigenvalue weighted by Crippen LogP contribution is 2.41. The molecule has 0 unspecified atom stereocenters. The van der Waals surface area contributed by atoms with Crippen LogP contribution in [0.2, 0.25) is 0 Å². The number of carbonyl (C=O) groups excluding carboxylic acids is 1. The molecule has 1 saturated carbocycles. The summed E-state index contributed by atoms with van der Waals surface area (Å²) in [6, 6.07) is 0. The van der Waals surface area contributed by atoms with E-state index in [0.717, 1.165) is 38.8 Å². The van der Waals surface area contributed by atoms with E-state index >= 15 is 0 Å². The minimum Gasteiger partial charge on any atom is -0.338 e. The fourth-order valence-corrected chi connectivity index (χ4v) is 2.53. The zero-order valence-electron chi connectivity index (χ0n) is 9.46. The van der Waals surface area contributed by atoms with Crippen LogP contribution in [-0.4, -0.2) is 30.4 Å². The maximum atomic E-state index is 12.3. The van der Waals surface area contributed by atoms with Gasteiger partial charge in [-0.3, -0.25) is 4.79 Å². The van der Waals surface area contributed by atoms with Gasteiger partial charge in [0.2, 0.25) is 5.91 Å². The largest absolute Gasteiger partial charge is 0.338 e. The fraction of sp³-hybridized carbons (Fsp3) is 0.750. The fourth-order valence-electron chi connectivity index (χ4n) is 2.53. The number of rotatable bonds is 2. The lowest BCUT2D eigenvalue weighted by atomic mass is 9.67. The number of hydrogen-bond acceptors (Lipinski definition) is 2. The average molecular weight is 208 g/mol. The highest BCUT2D eigenvalue weighted by Gasteiger charge is 2.45. The predicted octanol–water partition coefficient (Wildman–Crippen LogP) is 1.29. The third-order valence-electron chi connectivity index (χ3n) is 3.77. The third kappa shape index (κ3) is 1.81. The van der Waals surface area contributed by atoms with Crippen molar-refractivity contribution >= 4 is 5.91 Å². The Bertz CT molecular complexity index is 286. The summed E-state index contributed by atoms with van der Waals surface area (Å²) < 4.78 is 0. The SMILES string of the molecule is CC1=CCCN(C(=O)C2(CN)CCC2)C1. The molecule has 15 heavy (non-hydrogen) atoms. The van der Waals surface area contributed by atoms with Crippen LogP contribution >= 0.6 is 0 Å². The zero-order chi connectivity index (χ0) is 10.9. The van der Waals surface area contributed by atoms with E-state index in [1.54, 1.807) is 0 Å². The Kier molecular flexibility index (Phi) is 2.83. The Hall–Kier alpha value is -0.830. The smallest absolute Gasteiger partial charge is 0.230 e. The number of nitrogens with zero attached hydrogens (tertiary/aromatic N) is 1. The highest BCUT2D eigenvalue weighted by atomic mass is 16.2. The van der Waals surface area contributed by atoms with E-state index in [0.29, 0.717) is 12.5 Å². The van der Waals surface area contributed by atoms with E-state index < -0.39 is 0 Å². The van der Waals surface area contributed by atoms with Crippen LogP contribution in [0.25, 0.3) is 0 Å². The minimum atomic E-state index is -0.197. The number of carbonyl (C=O) groups is 1. The molecule has 3 nitrogen and oxygen atoms in total. The van der Waals surface area contributed by atoms with Crippen molar-refractivity contribution in [2.24, 2.45) is 11.1 Å². The highest BCUT2D eigenvalue weighted by molar-refractivity contribution is 5.84. The maximum Gasteiger partial charge on any atom is 0.230 e. The molecule has 2 N–H and O–H groups in total. The molecule has 1 heterocycles. The van der Waals surface area contributed by atoms with Gasteiger partial charge >= 0.3 is 0 Å². The Balaban J connectivity index is 2.04. The molecule has 0 radical (unpaired) electrons. The quantitative estimate of drug-likeness (QED) is 0.695. The second kappa shape index (κ2) is 3.97. The molecule has 0 aromatic heterocycles. The lowest BCUT2D eigenvalue weighted by Gasteiger charge is -2.43. The van der Waals surface area contributed by atoms with Crippen LogP contribution in [0, 0.1) is 5.41 Å². The summed E-state index contributed by atoms with van der Waals surface area (Å²) in [6.45, 7) is 4.29. The molecule has 0 saturated heterocycles. The normalized spacial score (nSPS) is 24.4. The van der Waals surface area contributed by atoms with Crippen LogP contribution in [0.3, 0.4) is 0 Å². The molecule has 0 bridgehead atoms. The van der Waals surface area contributed by atoms with Crippen LogP contribution < -0.4 is 5.73 Å². The summed E-state index contributed by atoms with van der Waals surface area (Å²) in [5.41, 5.74) is 6.86. The molecule has 3 heteroatoms. The van der Waals surface area contributed by atoms with Gasteiger partial charge in [-0.05, 0) is 26.2 Å². The van der Waals surface area contributed by atoms with E-state index in [2.05, 4.69) is 13.0 Å². The predicted molar refractivity (Wildman–Crippen MR) is 60.3 cm³/mol. The van der Waals surface area contributed by atoms with Crippen molar-refractivity contribution < 1.29 is 4.79 Å². The van der Waals surface area contributed by atoms with E-state index in [1.165, 1.54) is 5.57 Å². The van der Waals surface area contributed by atoms with Gasteiger partial charge in [0.15, 0.2) is 0 Å². The van der Waals surface area contributed by atoms with Gasteiger partial charge in [0.1, 0.15) is 0 Å². The molecule has 2 rings (SSSR count). The monoisotopic (exact) mass is 208 g/mol. The first-order valence-corrected chi connectivity index (χ1v) is 5.83. The molecule has 0 aromatic rings. The van der Waals surface area contributed by atoms with Crippen molar-refractivity contribution in [1.82, 2.24) is 4.90 Å². The molecule has 0 spiro atoms. The lowest BCUT2D eigenvalue weighted by molar-refractivity contribution is -0.146. The van der Waals surface area contributed by atoms with Crippen molar-refractivity contribution in [2.75, 3.05) is 19.6 Å². The second-order valence-corrected chi connectivity index (χ2v) is 4.90. The Morgan fingerprint density at radius 2 is 2.33 bits per heavy atom. The van der Waals surface area contributed by atoms with Gasteiger partial charge in [-0.1, -0.05) is 18.1 Å². The molecule has 84 valence electrons. The van der Waals surface area contributed by atoms with Crippen LogP contribution in [0.5, 0.6) is 0 Å². The topological polar surface area (TPSA) is 46.3 Å². The molecule has 1 aliphatic heterocycles. The van der Waals surface area contributed by atoms with Crippen LogP contribution in [0.4, 0.5) is 0 Å². The van der Waals surface area contributed by atoms with Crippen LogP contribution in [0.15, 0.2) is 11.6 Å². The van der Waals surface area contributed by atoms with Gasteiger partial charge in [0.05, 0.1) is 5.41 Å². The van der Waals surface area contributed by atoms with E-state index in [1.807, 2.05) is 4.90 Å². The standard InChI is InChI=1S/C12H20N2O/c1-10-4-2-7-14(8-10)11(15)12(9-13)5-3-6-12/h4H,2-3,5-9,13H2,1H3. The van der Waals surface area contributed by atoms with Gasteiger partial charge in [0, 0.05) is 19.6 Å². The summed E-state index contributed by atoms with van der Waals surface area (Å²) >= 11 is 0. The third-order valence-corrected chi connectivity index (χ3v) is 3.77. The van der Waals surface area contributed by atoms with Crippen molar-refractivity contribution in [2.45, 2.75) is 32.6 Å². The first kappa shape index (κ1) is 10.7. The van der Waals surface area contributed by atoms with E-state index in [-0.39, 0.29) is 5.41 Å². The maximum absolute atomic E-state index is 12.3. The molecule has 1 amide bonds. The summed E-state index contributed by atoms with van der Waals surface area (Å²) in [7, 11) is 0. The summed E-state index contributed by atoms with van der Waals surface area (Å²) in [5.74, 6) is 0.295. The minimum absolute atomic E-state index is 0.197. The van der Waals surface area contributed by atoms with E-state index in [9.17, 15) is 4.79 Å². The number of nitrogens with two attached hydrogens (primary N) is 1. The lowest BCUT2D eigenvalue weighted by Crippen LogP contribution is -2.53. The summed E-state index contributed by atoms with van der Waals surface area (Å²) in [5, 5.41) is 0.